The fourth-order valence-electron chi connectivity index (χ4n) is 1.99. The molecule has 0 aliphatic carbocycles. The zero-order valence-corrected chi connectivity index (χ0v) is 13.8. The quantitative estimate of drug-likeness (QED) is 0.828. The minimum atomic E-state index is -1.81. The predicted octanol–water partition coefficient (Wildman–Crippen LogP) is 3.19. The van der Waals surface area contributed by atoms with Crippen molar-refractivity contribution in [1.82, 2.24) is 0 Å². The Balaban J connectivity index is 1.93. The van der Waals surface area contributed by atoms with Gasteiger partial charge in [0.1, 0.15) is 4.90 Å². The zero-order valence-electron chi connectivity index (χ0n) is 11.4. The van der Waals surface area contributed by atoms with Gasteiger partial charge in [0.05, 0.1) is 5.69 Å². The molecule has 1 amide bonds. The number of carbonyl (C=O) groups excluding carboxylic acids is 1. The highest BCUT2D eigenvalue weighted by Crippen LogP contribution is 2.37. The van der Waals surface area contributed by atoms with Crippen molar-refractivity contribution in [2.45, 2.75) is 4.90 Å². The van der Waals surface area contributed by atoms with E-state index >= 15 is 0 Å². The van der Waals surface area contributed by atoms with Crippen LogP contribution in [0, 0.1) is 11.6 Å². The van der Waals surface area contributed by atoms with Gasteiger partial charge in [-0.1, -0.05) is 15.9 Å². The lowest BCUT2D eigenvalue weighted by Crippen LogP contribution is -2.26. The van der Waals surface area contributed by atoms with Crippen molar-refractivity contribution < 1.29 is 22.5 Å². The standard InChI is InChI=1S/C14H9BrF2N2O3S/c15-7-3-11-14(22-6-13(20)18-11)12(4-7)23(21)19-8-1-2-9(16)10(17)5-8/h1-5,19H,6H2,(H,18,20). The van der Waals surface area contributed by atoms with E-state index < -0.39 is 22.6 Å². The molecular weight excluding hydrogens is 394 g/mol. The number of benzene rings is 2. The highest BCUT2D eigenvalue weighted by molar-refractivity contribution is 9.10. The molecule has 0 spiro atoms. The second-order valence-electron chi connectivity index (χ2n) is 4.62. The van der Waals surface area contributed by atoms with Gasteiger partial charge in [-0.25, -0.2) is 13.0 Å². The monoisotopic (exact) mass is 402 g/mol. The number of hydrogen-bond acceptors (Lipinski definition) is 3. The Morgan fingerprint density at radius 3 is 2.74 bits per heavy atom. The summed E-state index contributed by atoms with van der Waals surface area (Å²) in [5.74, 6) is -2.10. The Labute approximate surface area is 140 Å². The van der Waals surface area contributed by atoms with E-state index in [0.717, 1.165) is 12.1 Å². The van der Waals surface area contributed by atoms with Crippen molar-refractivity contribution in [2.24, 2.45) is 0 Å². The number of amides is 1. The lowest BCUT2D eigenvalue weighted by atomic mass is 10.2. The highest BCUT2D eigenvalue weighted by atomic mass is 79.9. The molecule has 1 heterocycles. The third kappa shape index (κ3) is 3.35. The molecular formula is C14H9BrF2N2O3S. The summed E-state index contributed by atoms with van der Waals surface area (Å²) in [7, 11) is -1.81. The van der Waals surface area contributed by atoms with Gasteiger partial charge >= 0.3 is 0 Å². The SMILES string of the molecule is O=C1COc2c(cc(Br)cc2S(=O)Nc2ccc(F)c(F)c2)N1. The largest absolute Gasteiger partial charge is 0.480 e. The minimum Gasteiger partial charge on any atom is -0.480 e. The number of anilines is 2. The molecule has 9 heteroatoms. The maximum Gasteiger partial charge on any atom is 0.262 e. The minimum absolute atomic E-state index is 0.149. The number of ether oxygens (including phenoxy) is 1. The van der Waals surface area contributed by atoms with Crippen LogP contribution in [0.15, 0.2) is 39.7 Å². The van der Waals surface area contributed by atoms with Crippen LogP contribution in [0.2, 0.25) is 0 Å². The molecule has 3 rings (SSSR count). The molecule has 0 saturated heterocycles. The average Bonchev–Trinajstić information content (AvgIpc) is 2.49. The molecule has 1 aliphatic heterocycles. The van der Waals surface area contributed by atoms with Gasteiger partial charge in [0.15, 0.2) is 35.0 Å². The smallest absolute Gasteiger partial charge is 0.262 e. The molecule has 2 N–H and O–H groups in total. The summed E-state index contributed by atoms with van der Waals surface area (Å²) in [6.07, 6.45) is 0. The summed E-state index contributed by atoms with van der Waals surface area (Å²) < 4.78 is 47.1. The Bertz CT molecular complexity index is 832. The Morgan fingerprint density at radius 1 is 1.22 bits per heavy atom. The van der Waals surface area contributed by atoms with Crippen LogP contribution >= 0.6 is 15.9 Å². The van der Waals surface area contributed by atoms with E-state index in [9.17, 15) is 17.8 Å². The summed E-state index contributed by atoms with van der Waals surface area (Å²) >= 11 is 3.26. The Hall–Kier alpha value is -2.00. The number of nitrogens with one attached hydrogen (secondary N) is 2. The lowest BCUT2D eigenvalue weighted by molar-refractivity contribution is -0.118. The third-order valence-corrected chi connectivity index (χ3v) is 4.55. The molecule has 0 bridgehead atoms. The van der Waals surface area contributed by atoms with E-state index in [4.69, 9.17) is 4.74 Å². The summed E-state index contributed by atoms with van der Waals surface area (Å²) in [6, 6.07) is 6.27. The van der Waals surface area contributed by atoms with E-state index in [1.807, 2.05) is 0 Å². The predicted molar refractivity (Wildman–Crippen MR) is 84.7 cm³/mol. The highest BCUT2D eigenvalue weighted by Gasteiger charge is 2.23. The van der Waals surface area contributed by atoms with Gasteiger partial charge in [-0.2, -0.15) is 0 Å². The number of rotatable bonds is 3. The molecule has 0 aromatic heterocycles. The van der Waals surface area contributed by atoms with Crippen molar-refractivity contribution in [3.8, 4) is 5.75 Å². The summed E-state index contributed by atoms with van der Waals surface area (Å²) in [5.41, 5.74) is 0.530. The van der Waals surface area contributed by atoms with Gasteiger partial charge in [-0.15, -0.1) is 0 Å². The van der Waals surface area contributed by atoms with Crippen molar-refractivity contribution in [1.29, 1.82) is 0 Å². The Morgan fingerprint density at radius 2 is 2.00 bits per heavy atom. The van der Waals surface area contributed by atoms with Gasteiger partial charge < -0.3 is 14.8 Å². The van der Waals surface area contributed by atoms with Crippen LogP contribution in [0.3, 0.4) is 0 Å². The summed E-state index contributed by atoms with van der Waals surface area (Å²) in [4.78, 5) is 11.6. The number of halogens is 3. The van der Waals surface area contributed by atoms with Gasteiger partial charge in [0, 0.05) is 16.2 Å². The fourth-order valence-corrected chi connectivity index (χ4v) is 3.63. The van der Waals surface area contributed by atoms with E-state index in [2.05, 4.69) is 26.0 Å². The molecule has 120 valence electrons. The van der Waals surface area contributed by atoms with Crippen LogP contribution in [0.1, 0.15) is 0 Å². The first-order valence-corrected chi connectivity index (χ1v) is 8.28. The topological polar surface area (TPSA) is 67.4 Å². The van der Waals surface area contributed by atoms with E-state index in [1.54, 1.807) is 12.1 Å². The molecule has 1 aliphatic rings. The molecule has 1 atom stereocenters. The Kier molecular flexibility index (Phi) is 4.31. The van der Waals surface area contributed by atoms with Gasteiger partial charge in [0.25, 0.3) is 5.91 Å². The number of carbonyl (C=O) groups is 1. The summed E-state index contributed by atoms with van der Waals surface area (Å²) in [5, 5.41) is 2.61. The fraction of sp³-hybridized carbons (Fsp3) is 0.0714. The van der Waals surface area contributed by atoms with Crippen LogP contribution in [0.4, 0.5) is 20.2 Å². The van der Waals surface area contributed by atoms with Crippen molar-refractivity contribution >= 4 is 44.2 Å². The van der Waals surface area contributed by atoms with E-state index in [1.165, 1.54) is 6.07 Å². The van der Waals surface area contributed by atoms with Crippen LogP contribution in [-0.4, -0.2) is 16.7 Å². The average molecular weight is 403 g/mol. The van der Waals surface area contributed by atoms with Crippen LogP contribution < -0.4 is 14.8 Å². The van der Waals surface area contributed by atoms with Crippen LogP contribution in [0.25, 0.3) is 0 Å². The maximum atomic E-state index is 13.2. The van der Waals surface area contributed by atoms with Gasteiger partial charge in [-0.3, -0.25) is 4.79 Å². The van der Waals surface area contributed by atoms with Gasteiger partial charge in [0.2, 0.25) is 0 Å². The van der Waals surface area contributed by atoms with Crippen molar-refractivity contribution in [3.05, 3.63) is 46.4 Å². The third-order valence-electron chi connectivity index (χ3n) is 2.97. The molecule has 0 saturated carbocycles. The zero-order chi connectivity index (χ0) is 16.6. The van der Waals surface area contributed by atoms with Crippen LogP contribution in [-0.2, 0) is 15.8 Å². The first kappa shape index (κ1) is 15.9. The second kappa shape index (κ2) is 6.25. The first-order chi connectivity index (χ1) is 10.9. The van der Waals surface area contributed by atoms with E-state index in [-0.39, 0.29) is 28.8 Å². The molecule has 0 fully saturated rings. The second-order valence-corrected chi connectivity index (χ2v) is 6.71. The molecule has 0 radical (unpaired) electrons. The van der Waals surface area contributed by atoms with Crippen molar-refractivity contribution in [3.63, 3.8) is 0 Å². The van der Waals surface area contributed by atoms with Gasteiger partial charge in [-0.05, 0) is 24.3 Å². The maximum absolute atomic E-state index is 13.2. The molecule has 23 heavy (non-hydrogen) atoms. The number of fused-ring (bicyclic) bond motifs is 1. The summed E-state index contributed by atoms with van der Waals surface area (Å²) in [6.45, 7) is -0.190. The lowest BCUT2D eigenvalue weighted by Gasteiger charge is -2.21. The molecule has 2 aromatic carbocycles. The van der Waals surface area contributed by atoms with Crippen molar-refractivity contribution in [2.75, 3.05) is 16.6 Å². The molecule has 2 aromatic rings. The normalized spacial score (nSPS) is 14.5. The van der Waals surface area contributed by atoms with E-state index in [0.29, 0.717) is 10.2 Å². The molecule has 1 unspecified atom stereocenters. The molecule has 5 nitrogen and oxygen atoms in total. The van der Waals surface area contributed by atoms with Crippen LogP contribution in [0.5, 0.6) is 5.75 Å². The first-order valence-electron chi connectivity index (χ1n) is 6.34. The number of hydrogen-bond donors (Lipinski definition) is 2.